The molecule has 0 spiro atoms. The van der Waals surface area contributed by atoms with Gasteiger partial charge in [-0.2, -0.15) is 0 Å². The van der Waals surface area contributed by atoms with E-state index >= 15 is 0 Å². The van der Waals surface area contributed by atoms with Crippen LogP contribution in [0.25, 0.3) is 0 Å². The Labute approximate surface area is 190 Å². The van der Waals surface area contributed by atoms with Gasteiger partial charge in [0.05, 0.1) is 7.11 Å². The van der Waals surface area contributed by atoms with Crippen LogP contribution >= 0.6 is 0 Å². The van der Waals surface area contributed by atoms with Crippen molar-refractivity contribution in [1.29, 1.82) is 0 Å². The van der Waals surface area contributed by atoms with Crippen molar-refractivity contribution in [2.75, 3.05) is 7.11 Å². The van der Waals surface area contributed by atoms with E-state index in [2.05, 4.69) is 12.2 Å². The van der Waals surface area contributed by atoms with E-state index in [1.807, 2.05) is 0 Å². The molecule has 0 unspecified atom stereocenters. The monoisotopic (exact) mass is 431 g/mol. The van der Waals surface area contributed by atoms with Crippen LogP contribution in [-0.2, 0) is 11.3 Å². The largest absolute Gasteiger partial charge is 0.504 e. The number of nitrogens with one attached hydrogen (secondary N) is 1. The number of aromatic hydroxyl groups is 1. The number of phenolic OH excluding ortho intramolecular Hbond substituents is 1. The first kappa shape index (κ1) is 25.5. The molecule has 1 aromatic rings. The minimum atomic E-state index is 0.0996. The summed E-state index contributed by atoms with van der Waals surface area (Å²) < 4.78 is 5.10. The minimum absolute atomic E-state index is 0.0996. The summed E-state index contributed by atoms with van der Waals surface area (Å²) in [6.07, 6.45) is 19.5. The Morgan fingerprint density at radius 2 is 1.58 bits per heavy atom. The predicted octanol–water partition coefficient (Wildman–Crippen LogP) is 7.13. The number of benzene rings is 1. The van der Waals surface area contributed by atoms with Gasteiger partial charge in [-0.15, -0.1) is 0 Å². The van der Waals surface area contributed by atoms with Gasteiger partial charge in [0.1, 0.15) is 0 Å². The van der Waals surface area contributed by atoms with Gasteiger partial charge >= 0.3 is 0 Å². The molecule has 1 aromatic carbocycles. The molecule has 4 heteroatoms. The molecule has 0 radical (unpaired) electrons. The van der Waals surface area contributed by atoms with E-state index in [4.69, 9.17) is 4.74 Å². The van der Waals surface area contributed by atoms with Crippen molar-refractivity contribution in [3.8, 4) is 11.5 Å². The van der Waals surface area contributed by atoms with E-state index in [0.29, 0.717) is 18.7 Å². The van der Waals surface area contributed by atoms with Crippen LogP contribution in [0.15, 0.2) is 18.2 Å². The van der Waals surface area contributed by atoms with Crippen molar-refractivity contribution in [2.24, 2.45) is 11.8 Å². The van der Waals surface area contributed by atoms with E-state index in [0.717, 1.165) is 30.2 Å². The molecule has 2 N–H and O–H groups in total. The standard InChI is InChI=1S/C27H45NO3/c1-3-4-5-6-8-11-14-23-20-24(23)15-12-9-7-10-13-16-27(30)28-21-22-17-18-25(29)26(19-22)31-2/h17-19,23-24,29H,3-16,20-21H2,1-2H3,(H,28,30)/t23-,24+/m1/s1. The molecule has 1 aliphatic carbocycles. The smallest absolute Gasteiger partial charge is 0.220 e. The topological polar surface area (TPSA) is 58.6 Å². The number of methoxy groups -OCH3 is 1. The number of rotatable bonds is 18. The fourth-order valence-corrected chi connectivity index (χ4v) is 4.55. The molecule has 0 heterocycles. The summed E-state index contributed by atoms with van der Waals surface area (Å²) >= 11 is 0. The van der Waals surface area contributed by atoms with Crippen LogP contribution in [0.1, 0.15) is 109 Å². The van der Waals surface area contributed by atoms with E-state index in [1.54, 1.807) is 18.2 Å². The second-order valence-electron chi connectivity index (χ2n) is 9.40. The van der Waals surface area contributed by atoms with Gasteiger partial charge in [0, 0.05) is 13.0 Å². The van der Waals surface area contributed by atoms with Crippen LogP contribution in [0.2, 0.25) is 0 Å². The second kappa shape index (κ2) is 15.2. The molecular formula is C27H45NO3. The maximum Gasteiger partial charge on any atom is 0.220 e. The molecule has 4 nitrogen and oxygen atoms in total. The van der Waals surface area contributed by atoms with Gasteiger partial charge in [-0.25, -0.2) is 0 Å². The van der Waals surface area contributed by atoms with Crippen LogP contribution < -0.4 is 10.1 Å². The lowest BCUT2D eigenvalue weighted by Crippen LogP contribution is -2.22. The summed E-state index contributed by atoms with van der Waals surface area (Å²) in [5.74, 6) is 2.73. The summed E-state index contributed by atoms with van der Waals surface area (Å²) in [6.45, 7) is 2.75. The third-order valence-electron chi connectivity index (χ3n) is 6.71. The maximum atomic E-state index is 12.0. The number of amides is 1. The summed E-state index contributed by atoms with van der Waals surface area (Å²) in [7, 11) is 1.52. The van der Waals surface area contributed by atoms with Crippen molar-refractivity contribution >= 4 is 5.91 Å². The molecule has 0 aromatic heterocycles. The zero-order valence-electron chi connectivity index (χ0n) is 20.0. The molecular weight excluding hydrogens is 386 g/mol. The molecule has 2 atom stereocenters. The van der Waals surface area contributed by atoms with E-state index in [-0.39, 0.29) is 11.7 Å². The third-order valence-corrected chi connectivity index (χ3v) is 6.71. The first-order valence-electron chi connectivity index (χ1n) is 12.8. The van der Waals surface area contributed by atoms with Crippen LogP contribution in [0.5, 0.6) is 11.5 Å². The number of hydrogen-bond acceptors (Lipinski definition) is 3. The van der Waals surface area contributed by atoms with Crippen molar-refractivity contribution in [3.63, 3.8) is 0 Å². The molecule has 176 valence electrons. The normalized spacial score (nSPS) is 17.5. The van der Waals surface area contributed by atoms with Crippen LogP contribution in [0.4, 0.5) is 0 Å². The number of ether oxygens (including phenoxy) is 1. The molecule has 0 aliphatic heterocycles. The van der Waals surface area contributed by atoms with Gasteiger partial charge in [-0.1, -0.05) is 90.0 Å². The summed E-state index contributed by atoms with van der Waals surface area (Å²) in [6, 6.07) is 5.16. The quantitative estimate of drug-likeness (QED) is 0.243. The molecule has 31 heavy (non-hydrogen) atoms. The number of hydrogen-bond donors (Lipinski definition) is 2. The van der Waals surface area contributed by atoms with E-state index < -0.39 is 0 Å². The highest BCUT2D eigenvalue weighted by Crippen LogP contribution is 2.45. The van der Waals surface area contributed by atoms with Crippen molar-refractivity contribution in [1.82, 2.24) is 5.32 Å². The Morgan fingerprint density at radius 1 is 0.968 bits per heavy atom. The Morgan fingerprint density at radius 3 is 2.23 bits per heavy atom. The summed E-state index contributed by atoms with van der Waals surface area (Å²) in [4.78, 5) is 12.0. The SMILES string of the molecule is CCCCCCCC[C@@H]1C[C@@H]1CCCCCCCC(=O)NCc1ccc(O)c(OC)c1. The highest BCUT2D eigenvalue weighted by Gasteiger charge is 2.34. The molecule has 0 bridgehead atoms. The molecule has 0 saturated heterocycles. The fraction of sp³-hybridized carbons (Fsp3) is 0.741. The molecule has 1 amide bonds. The van der Waals surface area contributed by atoms with Crippen LogP contribution in [0, 0.1) is 11.8 Å². The lowest BCUT2D eigenvalue weighted by Gasteiger charge is -2.08. The second-order valence-corrected chi connectivity index (χ2v) is 9.40. The summed E-state index contributed by atoms with van der Waals surface area (Å²) in [5.41, 5.74) is 0.929. The van der Waals surface area contributed by atoms with Gasteiger partial charge in [0.25, 0.3) is 0 Å². The molecule has 1 aliphatic rings. The number of unbranched alkanes of at least 4 members (excludes halogenated alkanes) is 9. The van der Waals surface area contributed by atoms with E-state index in [1.165, 1.54) is 84.2 Å². The predicted molar refractivity (Wildman–Crippen MR) is 128 cm³/mol. The highest BCUT2D eigenvalue weighted by atomic mass is 16.5. The lowest BCUT2D eigenvalue weighted by atomic mass is 10.0. The Bertz CT molecular complexity index is 631. The highest BCUT2D eigenvalue weighted by molar-refractivity contribution is 5.75. The first-order chi connectivity index (χ1) is 15.1. The number of phenols is 1. The van der Waals surface area contributed by atoms with Gasteiger partial charge in [0.2, 0.25) is 5.91 Å². The average Bonchev–Trinajstić information content (AvgIpc) is 3.53. The van der Waals surface area contributed by atoms with Gasteiger partial charge in [-0.05, 0) is 42.4 Å². The van der Waals surface area contributed by atoms with E-state index in [9.17, 15) is 9.90 Å². The van der Waals surface area contributed by atoms with Gasteiger partial charge < -0.3 is 15.2 Å². The zero-order chi connectivity index (χ0) is 22.3. The average molecular weight is 432 g/mol. The Hall–Kier alpha value is -1.71. The number of carbonyl (C=O) groups is 1. The molecule has 2 rings (SSSR count). The van der Waals surface area contributed by atoms with Gasteiger partial charge in [0.15, 0.2) is 11.5 Å². The Kier molecular flexibility index (Phi) is 12.5. The lowest BCUT2D eigenvalue weighted by molar-refractivity contribution is -0.121. The van der Waals surface area contributed by atoms with Gasteiger partial charge in [-0.3, -0.25) is 4.79 Å². The maximum absolute atomic E-state index is 12.0. The van der Waals surface area contributed by atoms with Crippen molar-refractivity contribution < 1.29 is 14.6 Å². The first-order valence-corrected chi connectivity index (χ1v) is 12.8. The summed E-state index contributed by atoms with van der Waals surface area (Å²) in [5, 5.41) is 12.6. The Balaban J connectivity index is 1.38. The fourth-order valence-electron chi connectivity index (χ4n) is 4.55. The van der Waals surface area contributed by atoms with Crippen molar-refractivity contribution in [2.45, 2.75) is 110 Å². The van der Waals surface area contributed by atoms with Crippen molar-refractivity contribution in [3.05, 3.63) is 23.8 Å². The molecule has 1 fully saturated rings. The van der Waals surface area contributed by atoms with Crippen LogP contribution in [-0.4, -0.2) is 18.1 Å². The third kappa shape index (κ3) is 10.9. The zero-order valence-corrected chi connectivity index (χ0v) is 20.0. The van der Waals surface area contributed by atoms with Crippen LogP contribution in [0.3, 0.4) is 0 Å². The molecule has 1 saturated carbocycles. The minimum Gasteiger partial charge on any atom is -0.504 e. The number of carbonyl (C=O) groups excluding carboxylic acids is 1.